The van der Waals surface area contributed by atoms with Gasteiger partial charge in [0.25, 0.3) is 5.91 Å². The minimum absolute atomic E-state index is 0.000901. The number of likely N-dealkylation sites (tertiary alicyclic amines) is 1. The molecule has 0 bridgehead atoms. The van der Waals surface area contributed by atoms with Crippen LogP contribution in [0.4, 0.5) is 30.4 Å². The highest BCUT2D eigenvalue weighted by Crippen LogP contribution is 2.34. The number of fused-ring (bicyclic) bond motifs is 1. The number of carbonyl (C=O) groups is 6. The third-order valence-electron chi connectivity index (χ3n) is 14.3. The summed E-state index contributed by atoms with van der Waals surface area (Å²) in [6.45, 7) is 8.93. The van der Waals surface area contributed by atoms with Crippen LogP contribution in [0.1, 0.15) is 118 Å². The summed E-state index contributed by atoms with van der Waals surface area (Å²) in [5, 5.41) is 36.8. The fourth-order valence-electron chi connectivity index (χ4n) is 9.82. The maximum absolute atomic E-state index is 14.0. The molecule has 0 aliphatic carbocycles. The van der Waals surface area contributed by atoms with E-state index in [9.17, 15) is 47.0 Å². The molecule has 6 amide bonds. The molecule has 7 aromatic rings. The first kappa shape index (κ1) is 59.9. The Hall–Kier alpha value is -8.24. The molecule has 3 atom stereocenters. The number of carbonyl (C=O) groups excluding carboxylic acids is 6. The second kappa shape index (κ2) is 26.6. The first-order chi connectivity index (χ1) is 39.1. The molecule has 0 saturated carbocycles. The van der Waals surface area contributed by atoms with Gasteiger partial charge in [-0.25, -0.2) is 4.98 Å². The Morgan fingerprint density at radius 1 is 0.768 bits per heavy atom. The molecule has 7 N–H and O–H groups in total. The van der Waals surface area contributed by atoms with Crippen LogP contribution in [-0.4, -0.2) is 95.1 Å². The number of H-pyrrole nitrogens is 1. The highest BCUT2D eigenvalue weighted by atomic mass is 32.1. The van der Waals surface area contributed by atoms with Gasteiger partial charge in [0.1, 0.15) is 18.6 Å². The number of unbranched alkanes of at least 4 members (excludes halogenated alkanes) is 6. The third-order valence-corrected chi connectivity index (χ3v) is 15.3. The number of aliphatic hydroxyl groups excluding tert-OH is 1. The van der Waals surface area contributed by atoms with Crippen LogP contribution in [0.5, 0.6) is 0 Å². The van der Waals surface area contributed by atoms with Crippen molar-refractivity contribution in [3.8, 4) is 21.6 Å². The number of rotatable bonds is 23. The van der Waals surface area contributed by atoms with E-state index in [1.807, 2.05) is 63.5 Å². The molecule has 3 aromatic heterocycles. The molecule has 82 heavy (non-hydrogen) atoms. The highest BCUT2D eigenvalue weighted by Gasteiger charge is 2.44. The molecule has 1 saturated heterocycles. The molecule has 18 nitrogen and oxygen atoms in total. The minimum atomic E-state index is -4.55. The number of hydrogen-bond acceptors (Lipinski definition) is 11. The molecule has 0 spiro atoms. The van der Waals surface area contributed by atoms with Crippen LogP contribution in [0.25, 0.3) is 32.5 Å². The molecule has 4 aromatic carbocycles. The summed E-state index contributed by atoms with van der Waals surface area (Å²) < 4.78 is 41.4. The van der Waals surface area contributed by atoms with E-state index in [1.165, 1.54) is 28.6 Å². The SMILES string of the molecule is Cc1ccc(NC(=O)Cn2cc(-c3ccc4c(NC(=O)c5ccc(NC(=O)CCCCCCCCCC(=O)N[C@H](C(=O)N6C[C@H](O)C[C@H]6C(=O)NCc6ccc(-c7scnc7C)cc6)C(C)(C)C)cc5)n[nH]c4c3)cn2)cc1C(F)(F)F. The number of benzene rings is 4. The number of aliphatic hydroxyl groups is 1. The van der Waals surface area contributed by atoms with Gasteiger partial charge in [-0.1, -0.05) is 89.3 Å². The summed E-state index contributed by atoms with van der Waals surface area (Å²) in [7, 11) is 0. The van der Waals surface area contributed by atoms with Gasteiger partial charge in [-0.15, -0.1) is 11.3 Å². The second-order valence-electron chi connectivity index (χ2n) is 21.8. The molecule has 22 heteroatoms. The van der Waals surface area contributed by atoms with Gasteiger partial charge in [0, 0.05) is 66.4 Å². The van der Waals surface area contributed by atoms with E-state index in [0.717, 1.165) is 65.4 Å². The lowest BCUT2D eigenvalue weighted by atomic mass is 9.85. The number of halogens is 3. The Morgan fingerprint density at radius 2 is 1.43 bits per heavy atom. The average molecular weight is 1140 g/mol. The number of anilines is 3. The summed E-state index contributed by atoms with van der Waals surface area (Å²) in [5.41, 5.74) is 6.22. The van der Waals surface area contributed by atoms with Crippen molar-refractivity contribution in [2.75, 3.05) is 22.5 Å². The van der Waals surface area contributed by atoms with E-state index in [-0.39, 0.29) is 61.4 Å². The van der Waals surface area contributed by atoms with E-state index in [4.69, 9.17) is 0 Å². The van der Waals surface area contributed by atoms with Crippen molar-refractivity contribution in [3.05, 3.63) is 131 Å². The number of β-amino-alcohol motifs (C(OH)–C–C–N with tert-alkyl or cyclic N) is 1. The number of alkyl halides is 3. The number of nitrogens with zero attached hydrogens (tertiary/aromatic N) is 5. The van der Waals surface area contributed by atoms with Gasteiger partial charge in [0.05, 0.1) is 39.5 Å². The molecule has 8 rings (SSSR count). The summed E-state index contributed by atoms with van der Waals surface area (Å²) in [6.07, 6.45) is 4.28. The monoisotopic (exact) mass is 1140 g/mol. The number of hydrogen-bond donors (Lipinski definition) is 7. The number of aromatic amines is 1. The van der Waals surface area contributed by atoms with Crippen LogP contribution in [0.3, 0.4) is 0 Å². The van der Waals surface area contributed by atoms with Crippen LogP contribution in [0.2, 0.25) is 0 Å². The Morgan fingerprint density at radius 3 is 2.10 bits per heavy atom. The number of nitrogens with one attached hydrogen (secondary N) is 6. The van der Waals surface area contributed by atoms with Crippen molar-refractivity contribution in [2.24, 2.45) is 5.41 Å². The van der Waals surface area contributed by atoms with E-state index in [2.05, 4.69) is 46.9 Å². The normalized spacial score (nSPS) is 14.8. The topological polar surface area (TPSA) is 245 Å². The van der Waals surface area contributed by atoms with Crippen LogP contribution in [-0.2, 0) is 43.2 Å². The standard InChI is InChI=1S/C60H68F3N11O7S/c1-36-15-23-44(28-47(36)60(61,62)63)68-52(78)34-73-32-42(31-66-73)41-22-26-46-48(27-41)71-72-55(46)70-56(79)40-20-24-43(25-21-40)67-50(76)13-11-9-7-6-8-10-12-14-51(77)69-54(59(3,4)5)58(81)74-33-45(75)29-49(74)57(80)64-30-38-16-18-39(19-17-38)53-37(2)65-35-82-53/h15-28,31-32,35,45,49,54,75H,6-14,29-30,33-34H2,1-5H3,(H,64,80)(H,67,76)(H,68,78)(H,69,77)(H2,70,71,72,79)/t45-,49+,54-/m1/s1. The van der Waals surface area contributed by atoms with Gasteiger partial charge >= 0.3 is 6.18 Å². The van der Waals surface area contributed by atoms with Crippen molar-refractivity contribution in [2.45, 2.75) is 136 Å². The maximum atomic E-state index is 14.0. The van der Waals surface area contributed by atoms with Gasteiger partial charge in [0.15, 0.2) is 5.82 Å². The zero-order valence-corrected chi connectivity index (χ0v) is 47.2. The van der Waals surface area contributed by atoms with Gasteiger partial charge in [-0.05, 0) is 103 Å². The molecular weight excluding hydrogens is 1080 g/mol. The predicted octanol–water partition coefficient (Wildman–Crippen LogP) is 10.3. The Bertz CT molecular complexity index is 3400. The van der Waals surface area contributed by atoms with Crippen LogP contribution in [0, 0.1) is 19.3 Å². The molecule has 1 fully saturated rings. The largest absolute Gasteiger partial charge is 0.416 e. The lowest BCUT2D eigenvalue weighted by molar-refractivity contribution is -0.144. The van der Waals surface area contributed by atoms with Crippen molar-refractivity contribution >= 4 is 74.9 Å². The van der Waals surface area contributed by atoms with Crippen molar-refractivity contribution < 1.29 is 47.0 Å². The summed E-state index contributed by atoms with van der Waals surface area (Å²) in [4.78, 5) is 86.2. The first-order valence-electron chi connectivity index (χ1n) is 27.3. The Balaban J connectivity index is 0.696. The molecular formula is C60H68F3N11O7S. The number of aromatic nitrogens is 5. The second-order valence-corrected chi connectivity index (χ2v) is 22.7. The summed E-state index contributed by atoms with van der Waals surface area (Å²) >= 11 is 1.57. The lowest BCUT2D eigenvalue weighted by Gasteiger charge is -2.35. The quantitative estimate of drug-likeness (QED) is 0.0299. The molecule has 0 unspecified atom stereocenters. The summed E-state index contributed by atoms with van der Waals surface area (Å²) in [6, 6.07) is 21.6. The van der Waals surface area contributed by atoms with Crippen LogP contribution in [0.15, 0.2) is 103 Å². The smallest absolute Gasteiger partial charge is 0.391 e. The fourth-order valence-corrected chi connectivity index (χ4v) is 10.6. The fraction of sp³-hybridized carbons (Fsp3) is 0.383. The molecule has 0 radical (unpaired) electrons. The van der Waals surface area contributed by atoms with Crippen molar-refractivity contribution in [3.63, 3.8) is 0 Å². The van der Waals surface area contributed by atoms with Crippen molar-refractivity contribution in [1.29, 1.82) is 0 Å². The Kier molecular flexibility index (Phi) is 19.4. The lowest BCUT2D eigenvalue weighted by Crippen LogP contribution is -2.57. The predicted molar refractivity (Wildman–Crippen MR) is 308 cm³/mol. The average Bonchev–Trinajstić information content (AvgIpc) is 4.29. The first-order valence-corrected chi connectivity index (χ1v) is 28.2. The molecule has 1 aliphatic heterocycles. The van der Waals surface area contributed by atoms with E-state index < -0.39 is 53.1 Å². The van der Waals surface area contributed by atoms with Gasteiger partial charge in [-0.2, -0.15) is 23.4 Å². The Labute approximate surface area is 477 Å². The number of thiazole rings is 1. The number of amides is 6. The third kappa shape index (κ3) is 15.8. The maximum Gasteiger partial charge on any atom is 0.416 e. The molecule has 1 aliphatic rings. The van der Waals surface area contributed by atoms with Gasteiger partial charge in [-0.3, -0.25) is 38.5 Å². The van der Waals surface area contributed by atoms with E-state index in [0.29, 0.717) is 52.8 Å². The van der Waals surface area contributed by atoms with Gasteiger partial charge in [0.2, 0.25) is 29.5 Å². The van der Waals surface area contributed by atoms with Crippen molar-refractivity contribution in [1.82, 2.24) is 40.5 Å². The van der Waals surface area contributed by atoms with Crippen LogP contribution < -0.4 is 26.6 Å². The van der Waals surface area contributed by atoms with E-state index >= 15 is 0 Å². The zero-order valence-electron chi connectivity index (χ0n) is 46.4. The minimum Gasteiger partial charge on any atom is -0.391 e. The van der Waals surface area contributed by atoms with Gasteiger partial charge < -0.3 is 36.6 Å². The zero-order chi connectivity index (χ0) is 58.7. The molecule has 432 valence electrons. The van der Waals surface area contributed by atoms with E-state index in [1.54, 1.807) is 60.1 Å². The summed E-state index contributed by atoms with van der Waals surface area (Å²) in [5.74, 6) is -1.80. The highest BCUT2D eigenvalue weighted by molar-refractivity contribution is 7.13. The molecule has 4 heterocycles. The van der Waals surface area contributed by atoms with Crippen LogP contribution >= 0.6 is 11.3 Å². The number of aryl methyl sites for hydroxylation is 2.